The van der Waals surface area contributed by atoms with Crippen LogP contribution in [0.25, 0.3) is 10.9 Å². The topological polar surface area (TPSA) is 72.0 Å². The van der Waals surface area contributed by atoms with E-state index in [4.69, 9.17) is 4.74 Å². The highest BCUT2D eigenvalue weighted by Crippen LogP contribution is 2.16. The second-order valence-electron chi connectivity index (χ2n) is 4.88. The van der Waals surface area contributed by atoms with E-state index in [2.05, 4.69) is 9.97 Å². The van der Waals surface area contributed by atoms with Crippen LogP contribution in [0.4, 0.5) is 0 Å². The number of esters is 1. The van der Waals surface area contributed by atoms with E-state index in [1.807, 2.05) is 6.07 Å². The number of ether oxygens (including phenoxy) is 1. The standard InChI is InChI=1S/C17H14N2O3/c1-11(22-17(21)12-7-3-2-4-8-12)15-18-14-10-6-5-9-13(14)16(20)19-15/h2-11H,1H3,(H,18,19,20). The first-order chi connectivity index (χ1) is 10.6. The molecule has 0 spiro atoms. The van der Waals surface area contributed by atoms with Crippen LogP contribution in [0.1, 0.15) is 29.2 Å². The van der Waals surface area contributed by atoms with Gasteiger partial charge >= 0.3 is 5.97 Å². The zero-order valence-electron chi connectivity index (χ0n) is 11.9. The van der Waals surface area contributed by atoms with E-state index in [-0.39, 0.29) is 5.56 Å². The van der Waals surface area contributed by atoms with Crippen LogP contribution in [0.15, 0.2) is 59.4 Å². The second-order valence-corrected chi connectivity index (χ2v) is 4.88. The molecule has 0 radical (unpaired) electrons. The molecule has 1 heterocycles. The van der Waals surface area contributed by atoms with Crippen LogP contribution < -0.4 is 5.56 Å². The van der Waals surface area contributed by atoms with Crippen molar-refractivity contribution in [3.63, 3.8) is 0 Å². The van der Waals surface area contributed by atoms with E-state index >= 15 is 0 Å². The largest absolute Gasteiger partial charge is 0.451 e. The van der Waals surface area contributed by atoms with Crippen molar-refractivity contribution in [1.82, 2.24) is 9.97 Å². The van der Waals surface area contributed by atoms with Crippen LogP contribution in [0.5, 0.6) is 0 Å². The number of nitrogens with one attached hydrogen (secondary N) is 1. The maximum Gasteiger partial charge on any atom is 0.338 e. The summed E-state index contributed by atoms with van der Waals surface area (Å²) in [5.41, 5.74) is 0.782. The van der Waals surface area contributed by atoms with E-state index in [9.17, 15) is 9.59 Å². The fourth-order valence-electron chi connectivity index (χ4n) is 2.16. The lowest BCUT2D eigenvalue weighted by Crippen LogP contribution is -2.17. The molecule has 5 nitrogen and oxygen atoms in total. The van der Waals surface area contributed by atoms with Gasteiger partial charge in [-0.25, -0.2) is 9.78 Å². The first-order valence-corrected chi connectivity index (χ1v) is 6.90. The molecule has 0 aliphatic carbocycles. The summed E-state index contributed by atoms with van der Waals surface area (Å²) >= 11 is 0. The first kappa shape index (κ1) is 14.0. The van der Waals surface area contributed by atoms with Gasteiger partial charge in [-0.1, -0.05) is 30.3 Å². The summed E-state index contributed by atoms with van der Waals surface area (Å²) in [7, 11) is 0. The minimum absolute atomic E-state index is 0.247. The molecule has 5 heteroatoms. The number of H-pyrrole nitrogens is 1. The normalized spacial score (nSPS) is 12.0. The van der Waals surface area contributed by atoms with Gasteiger partial charge in [-0.3, -0.25) is 4.79 Å². The highest BCUT2D eigenvalue weighted by Gasteiger charge is 2.16. The Kier molecular flexibility index (Phi) is 3.70. The van der Waals surface area contributed by atoms with Gasteiger partial charge in [-0.05, 0) is 31.2 Å². The number of rotatable bonds is 3. The lowest BCUT2D eigenvalue weighted by molar-refractivity contribution is 0.0320. The Balaban J connectivity index is 1.88. The molecule has 1 N–H and O–H groups in total. The number of para-hydroxylation sites is 1. The molecule has 3 aromatic rings. The molecule has 110 valence electrons. The average molecular weight is 294 g/mol. The SMILES string of the molecule is CC(OC(=O)c1ccccc1)c1nc2ccccc2c(=O)[nH]1. The van der Waals surface area contributed by atoms with Crippen molar-refractivity contribution >= 4 is 16.9 Å². The summed E-state index contributed by atoms with van der Waals surface area (Å²) < 4.78 is 5.35. The summed E-state index contributed by atoms with van der Waals surface area (Å²) in [4.78, 5) is 31.1. The highest BCUT2D eigenvalue weighted by molar-refractivity contribution is 5.89. The molecule has 1 atom stereocenters. The van der Waals surface area contributed by atoms with Crippen LogP contribution in [0.2, 0.25) is 0 Å². The van der Waals surface area contributed by atoms with Gasteiger partial charge in [0.05, 0.1) is 16.5 Å². The van der Waals surface area contributed by atoms with Gasteiger partial charge in [0.25, 0.3) is 5.56 Å². The molecule has 1 unspecified atom stereocenters. The molecule has 0 fully saturated rings. The number of nitrogens with zero attached hydrogens (tertiary/aromatic N) is 1. The summed E-state index contributed by atoms with van der Waals surface area (Å²) in [6.45, 7) is 1.67. The number of carbonyl (C=O) groups is 1. The number of fused-ring (bicyclic) bond motifs is 1. The van der Waals surface area contributed by atoms with E-state index in [0.717, 1.165) is 0 Å². The van der Waals surface area contributed by atoms with Crippen LogP contribution >= 0.6 is 0 Å². The van der Waals surface area contributed by atoms with E-state index in [0.29, 0.717) is 22.3 Å². The number of aromatic nitrogens is 2. The number of carbonyl (C=O) groups excluding carboxylic acids is 1. The molecule has 0 aliphatic rings. The molecule has 0 bridgehead atoms. The highest BCUT2D eigenvalue weighted by atomic mass is 16.5. The first-order valence-electron chi connectivity index (χ1n) is 6.90. The maximum absolute atomic E-state index is 12.0. The molecule has 2 aromatic carbocycles. The summed E-state index contributed by atoms with van der Waals surface area (Å²) in [5, 5.41) is 0.507. The Bertz CT molecular complexity index is 872. The zero-order chi connectivity index (χ0) is 15.5. The van der Waals surface area contributed by atoms with E-state index in [1.54, 1.807) is 55.5 Å². The Hall–Kier alpha value is -2.95. The molecule has 3 rings (SSSR count). The van der Waals surface area contributed by atoms with Gasteiger partial charge in [0.15, 0.2) is 11.9 Å². The third-order valence-corrected chi connectivity index (χ3v) is 3.31. The molecule has 0 saturated heterocycles. The molecular formula is C17H14N2O3. The average Bonchev–Trinajstić information content (AvgIpc) is 2.55. The molecule has 0 amide bonds. The molecule has 0 saturated carbocycles. The number of hydrogen-bond donors (Lipinski definition) is 1. The molecule has 22 heavy (non-hydrogen) atoms. The Morgan fingerprint density at radius 2 is 1.77 bits per heavy atom. The number of aromatic amines is 1. The lowest BCUT2D eigenvalue weighted by Gasteiger charge is -2.13. The van der Waals surface area contributed by atoms with Gasteiger partial charge in [0.1, 0.15) is 0 Å². The van der Waals surface area contributed by atoms with Crippen molar-refractivity contribution < 1.29 is 9.53 Å². The fraction of sp³-hybridized carbons (Fsp3) is 0.118. The third kappa shape index (κ3) is 2.74. The van der Waals surface area contributed by atoms with Gasteiger partial charge in [0, 0.05) is 0 Å². The second kappa shape index (κ2) is 5.81. The van der Waals surface area contributed by atoms with Crippen molar-refractivity contribution in [2.75, 3.05) is 0 Å². The summed E-state index contributed by atoms with van der Waals surface area (Å²) in [6, 6.07) is 15.7. The molecule has 0 aliphatic heterocycles. The Morgan fingerprint density at radius 1 is 1.09 bits per heavy atom. The predicted octanol–water partition coefficient (Wildman–Crippen LogP) is 2.84. The lowest BCUT2D eigenvalue weighted by atomic mass is 10.2. The third-order valence-electron chi connectivity index (χ3n) is 3.31. The zero-order valence-corrected chi connectivity index (χ0v) is 11.9. The van der Waals surface area contributed by atoms with Crippen LogP contribution in [0, 0.1) is 0 Å². The van der Waals surface area contributed by atoms with Gasteiger partial charge < -0.3 is 9.72 Å². The fourth-order valence-corrected chi connectivity index (χ4v) is 2.16. The van der Waals surface area contributed by atoms with Crippen molar-refractivity contribution in [3.8, 4) is 0 Å². The monoisotopic (exact) mass is 294 g/mol. The Labute approximate surface area is 126 Å². The van der Waals surface area contributed by atoms with Crippen molar-refractivity contribution in [3.05, 3.63) is 76.3 Å². The van der Waals surface area contributed by atoms with Gasteiger partial charge in [0.2, 0.25) is 0 Å². The van der Waals surface area contributed by atoms with Crippen LogP contribution in [0.3, 0.4) is 0 Å². The smallest absolute Gasteiger partial charge is 0.338 e. The summed E-state index contributed by atoms with van der Waals surface area (Å²) in [6.07, 6.45) is -0.648. The van der Waals surface area contributed by atoms with Gasteiger partial charge in [-0.2, -0.15) is 0 Å². The van der Waals surface area contributed by atoms with Crippen LogP contribution in [-0.2, 0) is 4.74 Å². The van der Waals surface area contributed by atoms with Crippen molar-refractivity contribution in [2.24, 2.45) is 0 Å². The summed E-state index contributed by atoms with van der Waals surface area (Å²) in [5.74, 6) is -0.128. The quantitative estimate of drug-likeness (QED) is 0.754. The maximum atomic E-state index is 12.0. The van der Waals surface area contributed by atoms with E-state index < -0.39 is 12.1 Å². The molecule has 1 aromatic heterocycles. The van der Waals surface area contributed by atoms with Crippen molar-refractivity contribution in [2.45, 2.75) is 13.0 Å². The minimum atomic E-state index is -0.648. The van der Waals surface area contributed by atoms with Crippen molar-refractivity contribution in [1.29, 1.82) is 0 Å². The van der Waals surface area contributed by atoms with E-state index in [1.165, 1.54) is 0 Å². The van der Waals surface area contributed by atoms with Crippen LogP contribution in [-0.4, -0.2) is 15.9 Å². The predicted molar refractivity (Wildman–Crippen MR) is 82.6 cm³/mol. The minimum Gasteiger partial charge on any atom is -0.451 e. The molecular weight excluding hydrogens is 280 g/mol. The Morgan fingerprint density at radius 3 is 2.55 bits per heavy atom. The van der Waals surface area contributed by atoms with Gasteiger partial charge in [-0.15, -0.1) is 0 Å². The number of hydrogen-bond acceptors (Lipinski definition) is 4. The number of benzene rings is 2.